The summed E-state index contributed by atoms with van der Waals surface area (Å²) in [5, 5.41) is 4.08. The van der Waals surface area contributed by atoms with Gasteiger partial charge in [0, 0.05) is 35.6 Å². The minimum atomic E-state index is -0.397. The number of carbonyl (C=O) groups is 1. The van der Waals surface area contributed by atoms with Crippen molar-refractivity contribution in [2.24, 2.45) is 28.6 Å². The van der Waals surface area contributed by atoms with E-state index in [2.05, 4.69) is 40.1 Å². The first-order chi connectivity index (χ1) is 16.3. The number of aromatic nitrogens is 2. The molecule has 6 heteroatoms. The molecule has 0 spiro atoms. The fraction of sp³-hybridized carbons (Fsp3) is 0.607. The smallest absolute Gasteiger partial charge is 0.231 e. The van der Waals surface area contributed by atoms with Crippen LogP contribution in [0.5, 0.6) is 0 Å². The Labute approximate surface area is 207 Å². The van der Waals surface area contributed by atoms with Crippen LogP contribution in [0.4, 0.5) is 5.82 Å². The highest BCUT2D eigenvalue weighted by atomic mass is 35.5. The van der Waals surface area contributed by atoms with Crippen LogP contribution in [0.1, 0.15) is 69.2 Å². The maximum Gasteiger partial charge on any atom is 0.231 e. The van der Waals surface area contributed by atoms with Crippen LogP contribution in [0, 0.1) is 28.6 Å². The normalized spacial score (nSPS) is 30.3. The molecular formula is C28H35ClN4O. The first kappa shape index (κ1) is 22.5. The zero-order valence-electron chi connectivity index (χ0n) is 20.3. The van der Waals surface area contributed by atoms with Gasteiger partial charge in [0.2, 0.25) is 5.91 Å². The van der Waals surface area contributed by atoms with Crippen LogP contribution in [0.15, 0.2) is 30.6 Å². The number of fused-ring (bicyclic) bond motifs is 1. The molecule has 4 saturated carbocycles. The summed E-state index contributed by atoms with van der Waals surface area (Å²) in [5.41, 5.74) is 2.98. The first-order valence-electron chi connectivity index (χ1n) is 12.9. The monoisotopic (exact) mass is 478 g/mol. The molecular weight excluding hydrogens is 444 g/mol. The highest BCUT2D eigenvalue weighted by Crippen LogP contribution is 2.66. The van der Waals surface area contributed by atoms with Gasteiger partial charge in [0.1, 0.15) is 12.1 Å². The molecule has 7 rings (SSSR count). The van der Waals surface area contributed by atoms with Gasteiger partial charge < -0.3 is 5.32 Å². The molecule has 0 unspecified atom stereocenters. The van der Waals surface area contributed by atoms with E-state index in [0.29, 0.717) is 5.82 Å². The Morgan fingerprint density at radius 1 is 1.12 bits per heavy atom. The lowest BCUT2D eigenvalue weighted by Gasteiger charge is -2.61. The van der Waals surface area contributed by atoms with Crippen LogP contribution in [0.2, 0.25) is 5.02 Å². The largest absolute Gasteiger partial charge is 0.310 e. The van der Waals surface area contributed by atoms with Gasteiger partial charge >= 0.3 is 0 Å². The van der Waals surface area contributed by atoms with Crippen LogP contribution in [-0.2, 0) is 24.3 Å². The van der Waals surface area contributed by atoms with Crippen LogP contribution in [0.25, 0.3) is 0 Å². The van der Waals surface area contributed by atoms with E-state index in [0.717, 1.165) is 65.7 Å². The summed E-state index contributed by atoms with van der Waals surface area (Å²) < 4.78 is 0. The van der Waals surface area contributed by atoms with E-state index in [-0.39, 0.29) is 11.3 Å². The molecule has 1 amide bonds. The van der Waals surface area contributed by atoms with Gasteiger partial charge in [-0.2, -0.15) is 0 Å². The number of anilines is 1. The minimum absolute atomic E-state index is 0.133. The number of nitrogens with one attached hydrogen (secondary N) is 1. The van der Waals surface area contributed by atoms with E-state index in [9.17, 15) is 4.79 Å². The summed E-state index contributed by atoms with van der Waals surface area (Å²) in [6.45, 7) is 6.81. The molecule has 5 nitrogen and oxygen atoms in total. The van der Waals surface area contributed by atoms with Crippen molar-refractivity contribution in [1.29, 1.82) is 0 Å². The molecule has 4 bridgehead atoms. The molecule has 34 heavy (non-hydrogen) atoms. The topological polar surface area (TPSA) is 58.1 Å². The number of hydrogen-bond donors (Lipinski definition) is 1. The van der Waals surface area contributed by atoms with Gasteiger partial charge in [-0.1, -0.05) is 43.6 Å². The standard InChI is InChI=1S/C28H35ClN4O/c1-27(2,28-12-18-9-19(13-28)11-20(10-18)14-28)26(34)32-25-22-7-8-33(16-24(22)30-17-31-25)15-21-5-3-4-6-23(21)29/h3-6,17-20H,7-16H2,1-2H3,(H,30,31,32,34). The number of benzene rings is 1. The zero-order chi connectivity index (χ0) is 23.5. The molecule has 2 heterocycles. The van der Waals surface area contributed by atoms with Gasteiger partial charge in [-0.25, -0.2) is 9.97 Å². The van der Waals surface area contributed by atoms with Crippen LogP contribution < -0.4 is 5.32 Å². The van der Waals surface area contributed by atoms with Crippen molar-refractivity contribution in [3.05, 3.63) is 52.4 Å². The van der Waals surface area contributed by atoms with Crippen molar-refractivity contribution < 1.29 is 4.79 Å². The maximum absolute atomic E-state index is 13.8. The first-order valence-corrected chi connectivity index (χ1v) is 13.3. The molecule has 1 N–H and O–H groups in total. The molecule has 0 atom stereocenters. The van der Waals surface area contributed by atoms with E-state index >= 15 is 0 Å². The van der Waals surface area contributed by atoms with Crippen LogP contribution in [-0.4, -0.2) is 27.3 Å². The Morgan fingerprint density at radius 2 is 1.79 bits per heavy atom. The van der Waals surface area contributed by atoms with Crippen molar-refractivity contribution in [2.45, 2.75) is 71.9 Å². The summed E-state index contributed by atoms with van der Waals surface area (Å²) in [5.74, 6) is 3.33. The molecule has 2 aromatic rings. The predicted octanol–water partition coefficient (Wildman–Crippen LogP) is 5.87. The van der Waals surface area contributed by atoms with Crippen molar-refractivity contribution in [1.82, 2.24) is 14.9 Å². The Morgan fingerprint density at radius 3 is 2.47 bits per heavy atom. The summed E-state index contributed by atoms with van der Waals surface area (Å²) in [7, 11) is 0. The van der Waals surface area contributed by atoms with Crippen molar-refractivity contribution in [2.75, 3.05) is 11.9 Å². The Bertz CT molecular complexity index is 1080. The lowest BCUT2D eigenvalue weighted by atomic mass is 9.43. The SMILES string of the molecule is CC(C)(C(=O)Nc1ncnc2c1CCN(Cc1ccccc1Cl)C2)C12CC3CC(CC(C3)C1)C2. The molecule has 0 radical (unpaired) electrons. The average Bonchev–Trinajstić information content (AvgIpc) is 2.79. The van der Waals surface area contributed by atoms with E-state index < -0.39 is 5.41 Å². The van der Waals surface area contributed by atoms with Gasteiger partial charge in [-0.15, -0.1) is 0 Å². The number of hydrogen-bond acceptors (Lipinski definition) is 4. The van der Waals surface area contributed by atoms with Crippen molar-refractivity contribution >= 4 is 23.3 Å². The number of rotatable bonds is 5. The van der Waals surface area contributed by atoms with Gasteiger partial charge in [0.15, 0.2) is 0 Å². The third-order valence-corrected chi connectivity index (χ3v) is 9.97. The van der Waals surface area contributed by atoms with Crippen LogP contribution >= 0.6 is 11.6 Å². The second kappa shape index (κ2) is 8.30. The summed E-state index contributed by atoms with van der Waals surface area (Å²) >= 11 is 6.38. The molecule has 0 saturated heterocycles. The molecule has 180 valence electrons. The second-order valence-corrected chi connectivity index (χ2v) is 12.4. The summed E-state index contributed by atoms with van der Waals surface area (Å²) in [4.78, 5) is 25.3. The van der Waals surface area contributed by atoms with Crippen molar-refractivity contribution in [3.8, 4) is 0 Å². The molecule has 5 aliphatic rings. The highest BCUT2D eigenvalue weighted by Gasteiger charge is 2.59. The van der Waals surface area contributed by atoms with E-state index in [1.54, 1.807) is 6.33 Å². The van der Waals surface area contributed by atoms with Crippen molar-refractivity contribution in [3.63, 3.8) is 0 Å². The summed E-state index contributed by atoms with van der Waals surface area (Å²) in [6.07, 6.45) is 10.3. The van der Waals surface area contributed by atoms with E-state index in [4.69, 9.17) is 11.6 Å². The third kappa shape index (κ3) is 3.76. The van der Waals surface area contributed by atoms with Gasteiger partial charge in [0.05, 0.1) is 5.69 Å². The maximum atomic E-state index is 13.8. The van der Waals surface area contributed by atoms with E-state index in [1.807, 2.05) is 18.2 Å². The minimum Gasteiger partial charge on any atom is -0.310 e. The lowest BCUT2D eigenvalue weighted by molar-refractivity contribution is -0.151. The quantitative estimate of drug-likeness (QED) is 0.583. The Hall–Kier alpha value is -1.98. The highest BCUT2D eigenvalue weighted by molar-refractivity contribution is 6.31. The molecule has 4 fully saturated rings. The number of halogens is 1. The Balaban J connectivity index is 1.19. The number of amides is 1. The number of carbonyl (C=O) groups excluding carboxylic acids is 1. The van der Waals surface area contributed by atoms with Gasteiger partial charge in [-0.3, -0.25) is 9.69 Å². The van der Waals surface area contributed by atoms with Gasteiger partial charge in [0.25, 0.3) is 0 Å². The fourth-order valence-electron chi connectivity index (χ4n) is 7.90. The molecule has 1 aromatic carbocycles. The third-order valence-electron chi connectivity index (χ3n) is 9.60. The average molecular weight is 479 g/mol. The molecule has 1 aliphatic heterocycles. The number of nitrogens with zero attached hydrogens (tertiary/aromatic N) is 3. The van der Waals surface area contributed by atoms with Crippen LogP contribution in [0.3, 0.4) is 0 Å². The summed E-state index contributed by atoms with van der Waals surface area (Å²) in [6, 6.07) is 8.01. The lowest BCUT2D eigenvalue weighted by Crippen LogP contribution is -2.56. The Kier molecular flexibility index (Phi) is 5.49. The van der Waals surface area contributed by atoms with E-state index in [1.165, 1.54) is 38.5 Å². The zero-order valence-corrected chi connectivity index (χ0v) is 21.1. The predicted molar refractivity (Wildman–Crippen MR) is 134 cm³/mol. The fourth-order valence-corrected chi connectivity index (χ4v) is 8.09. The van der Waals surface area contributed by atoms with Gasteiger partial charge in [-0.05, 0) is 79.7 Å². The molecule has 4 aliphatic carbocycles. The second-order valence-electron chi connectivity index (χ2n) is 12.0. The molecule has 1 aromatic heterocycles.